The molecule has 0 aromatic carbocycles. The van der Waals surface area contributed by atoms with Crippen LogP contribution in [0.15, 0.2) is 18.3 Å². The van der Waals surface area contributed by atoms with Crippen molar-refractivity contribution < 1.29 is 14.6 Å². The van der Waals surface area contributed by atoms with Crippen molar-refractivity contribution in [2.75, 3.05) is 25.5 Å². The lowest BCUT2D eigenvalue weighted by Gasteiger charge is -2.23. The topological polar surface area (TPSA) is 92.0 Å². The van der Waals surface area contributed by atoms with E-state index in [0.29, 0.717) is 5.69 Å². The number of hydrogen-bond acceptors (Lipinski definition) is 6. The average molecular weight is 349 g/mol. The van der Waals surface area contributed by atoms with Gasteiger partial charge in [0, 0.05) is 20.1 Å². The third kappa shape index (κ3) is 5.32. The molecule has 3 heterocycles. The van der Waals surface area contributed by atoms with Gasteiger partial charge in [0.15, 0.2) is 5.65 Å². The number of nitrogens with one attached hydrogen (secondary N) is 1. The van der Waals surface area contributed by atoms with Gasteiger partial charge < -0.3 is 20.1 Å². The van der Waals surface area contributed by atoms with E-state index in [1.165, 1.54) is 0 Å². The normalized spacial score (nSPS) is 14.2. The molecular formula is C17H27N5O3. The van der Waals surface area contributed by atoms with Crippen LogP contribution in [0.4, 0.5) is 10.6 Å². The largest absolute Gasteiger partial charge is 0.444 e. The molecule has 3 rings (SSSR count). The Morgan fingerprint density at radius 2 is 2.00 bits per heavy atom. The van der Waals surface area contributed by atoms with Gasteiger partial charge in [-0.3, -0.25) is 0 Å². The second kappa shape index (κ2) is 8.15. The van der Waals surface area contributed by atoms with E-state index in [0.717, 1.165) is 37.4 Å². The maximum absolute atomic E-state index is 11.4. The van der Waals surface area contributed by atoms with Crippen molar-refractivity contribution in [3.8, 4) is 0 Å². The van der Waals surface area contributed by atoms with Crippen LogP contribution in [0.1, 0.15) is 39.3 Å². The first kappa shape index (κ1) is 19.0. The number of nitrogens with zero attached hydrogens (tertiary/aromatic N) is 4. The number of amides is 1. The van der Waals surface area contributed by atoms with Gasteiger partial charge in [0.25, 0.3) is 0 Å². The van der Waals surface area contributed by atoms with E-state index in [1.54, 1.807) is 22.7 Å². The molecule has 0 aliphatic carbocycles. The highest BCUT2D eigenvalue weighted by Gasteiger charge is 2.23. The van der Waals surface area contributed by atoms with Crippen LogP contribution >= 0.6 is 0 Å². The molecule has 138 valence electrons. The monoisotopic (exact) mass is 349 g/mol. The predicted molar refractivity (Wildman–Crippen MR) is 95.5 cm³/mol. The van der Waals surface area contributed by atoms with Crippen molar-refractivity contribution >= 4 is 17.6 Å². The zero-order valence-electron chi connectivity index (χ0n) is 15.3. The second-order valence-electron chi connectivity index (χ2n) is 6.82. The Morgan fingerprint density at radius 1 is 1.32 bits per heavy atom. The summed E-state index contributed by atoms with van der Waals surface area (Å²) in [5.74, 6) is 0.750. The van der Waals surface area contributed by atoms with Gasteiger partial charge in [0.2, 0.25) is 0 Å². The fraction of sp³-hybridized carbons (Fsp3) is 0.588. The maximum atomic E-state index is 11.4. The molecule has 0 unspecified atom stereocenters. The van der Waals surface area contributed by atoms with Crippen molar-refractivity contribution in [3.63, 3.8) is 0 Å². The molecule has 1 amide bonds. The lowest BCUT2D eigenvalue weighted by atomic mass is 10.2. The summed E-state index contributed by atoms with van der Waals surface area (Å²) in [4.78, 5) is 17.2. The van der Waals surface area contributed by atoms with Crippen molar-refractivity contribution in [1.82, 2.24) is 19.5 Å². The Balaban J connectivity index is 0.000000181. The number of ether oxygens (including phenoxy) is 1. The van der Waals surface area contributed by atoms with Crippen LogP contribution in [0.25, 0.3) is 5.65 Å². The molecule has 1 aliphatic heterocycles. The number of aliphatic hydroxyl groups is 1. The van der Waals surface area contributed by atoms with Crippen LogP contribution in [0.2, 0.25) is 0 Å². The van der Waals surface area contributed by atoms with Crippen molar-refractivity contribution in [3.05, 3.63) is 24.0 Å². The molecular weight excluding hydrogens is 322 g/mol. The van der Waals surface area contributed by atoms with Crippen molar-refractivity contribution in [1.29, 1.82) is 0 Å². The van der Waals surface area contributed by atoms with E-state index in [1.807, 2.05) is 32.9 Å². The molecule has 0 saturated carbocycles. The van der Waals surface area contributed by atoms with E-state index in [9.17, 15) is 4.79 Å². The molecule has 0 radical (unpaired) electrons. The zero-order chi connectivity index (χ0) is 18.4. The average Bonchev–Trinajstić information content (AvgIpc) is 3.22. The van der Waals surface area contributed by atoms with E-state index < -0.39 is 0 Å². The number of imidazole rings is 1. The molecule has 1 aliphatic rings. The first-order valence-corrected chi connectivity index (χ1v) is 8.44. The van der Waals surface area contributed by atoms with E-state index in [-0.39, 0.29) is 18.3 Å². The minimum atomic E-state index is -0.361. The third-order valence-electron chi connectivity index (χ3n) is 3.61. The van der Waals surface area contributed by atoms with Crippen molar-refractivity contribution in [2.45, 2.75) is 45.8 Å². The molecule has 0 bridgehead atoms. The predicted octanol–water partition coefficient (Wildman–Crippen LogP) is 2.28. The second-order valence-corrected chi connectivity index (χ2v) is 6.82. The highest BCUT2D eigenvalue weighted by molar-refractivity contribution is 5.68. The molecule has 2 N–H and O–H groups in total. The number of aliphatic hydroxyl groups excluding tert-OH is 1. The lowest BCUT2D eigenvalue weighted by Crippen LogP contribution is -2.34. The number of carbonyl (C=O) groups is 1. The Bertz CT molecular complexity index is 702. The maximum Gasteiger partial charge on any atom is 0.410 e. The summed E-state index contributed by atoms with van der Waals surface area (Å²) in [7, 11) is 1.80. The van der Waals surface area contributed by atoms with Crippen LogP contribution < -0.4 is 5.32 Å². The Hall–Kier alpha value is -2.35. The molecule has 2 aromatic rings. The zero-order valence-corrected chi connectivity index (χ0v) is 15.3. The Labute approximate surface area is 147 Å². The fourth-order valence-corrected chi connectivity index (χ4v) is 2.39. The standard InChI is InChI=1S/C9H17NO2.C8H10N4O/c1-9(2,3)12-8(11)10-6-4-5-7-10;1-9-7-2-3-8-10-4-6(5-13)12(8)11-7/h4-7H2,1-3H3;2-4,13H,5H2,1H3,(H,9,11). The summed E-state index contributed by atoms with van der Waals surface area (Å²) in [5, 5.41) is 16.1. The number of likely N-dealkylation sites (tertiary alicyclic amines) is 1. The third-order valence-corrected chi connectivity index (χ3v) is 3.61. The van der Waals surface area contributed by atoms with Crippen LogP contribution in [0.3, 0.4) is 0 Å². The smallest absolute Gasteiger partial charge is 0.410 e. The Kier molecular flexibility index (Phi) is 6.19. The van der Waals surface area contributed by atoms with E-state index in [4.69, 9.17) is 9.84 Å². The van der Waals surface area contributed by atoms with Gasteiger partial charge in [-0.1, -0.05) is 0 Å². The summed E-state index contributed by atoms with van der Waals surface area (Å²) in [6.45, 7) is 7.33. The first-order valence-electron chi connectivity index (χ1n) is 8.44. The van der Waals surface area contributed by atoms with Gasteiger partial charge >= 0.3 is 6.09 Å². The summed E-state index contributed by atoms with van der Waals surface area (Å²) < 4.78 is 6.83. The summed E-state index contributed by atoms with van der Waals surface area (Å²) in [5.41, 5.74) is 1.06. The van der Waals surface area contributed by atoms with E-state index in [2.05, 4.69) is 15.4 Å². The van der Waals surface area contributed by atoms with Gasteiger partial charge in [0.05, 0.1) is 18.5 Å². The minimum Gasteiger partial charge on any atom is -0.444 e. The molecule has 0 atom stereocenters. The highest BCUT2D eigenvalue weighted by Crippen LogP contribution is 2.14. The van der Waals surface area contributed by atoms with Gasteiger partial charge in [-0.15, -0.1) is 5.10 Å². The van der Waals surface area contributed by atoms with Gasteiger partial charge in [0.1, 0.15) is 11.4 Å². The SMILES string of the molecule is CC(C)(C)OC(=O)N1CCCC1.CNc1ccc2ncc(CO)n2n1. The van der Waals surface area contributed by atoms with Crippen LogP contribution in [-0.4, -0.2) is 56.4 Å². The fourth-order valence-electron chi connectivity index (χ4n) is 2.39. The van der Waals surface area contributed by atoms with Gasteiger partial charge in [-0.25, -0.2) is 14.3 Å². The summed E-state index contributed by atoms with van der Waals surface area (Å²) >= 11 is 0. The van der Waals surface area contributed by atoms with Crippen LogP contribution in [-0.2, 0) is 11.3 Å². The molecule has 1 fully saturated rings. The number of carbonyl (C=O) groups excluding carboxylic acids is 1. The first-order chi connectivity index (χ1) is 11.8. The number of rotatable bonds is 2. The lowest BCUT2D eigenvalue weighted by molar-refractivity contribution is 0.0295. The summed E-state index contributed by atoms with van der Waals surface area (Å²) in [6, 6.07) is 3.68. The number of fused-ring (bicyclic) bond motifs is 1. The van der Waals surface area contributed by atoms with Gasteiger partial charge in [-0.05, 0) is 45.7 Å². The van der Waals surface area contributed by atoms with Crippen LogP contribution in [0.5, 0.6) is 0 Å². The summed E-state index contributed by atoms with van der Waals surface area (Å²) in [6.07, 6.45) is 3.67. The Morgan fingerprint density at radius 3 is 2.56 bits per heavy atom. The van der Waals surface area contributed by atoms with E-state index >= 15 is 0 Å². The molecule has 25 heavy (non-hydrogen) atoms. The molecule has 8 nitrogen and oxygen atoms in total. The molecule has 0 spiro atoms. The quantitative estimate of drug-likeness (QED) is 0.864. The number of hydrogen-bond donors (Lipinski definition) is 2. The van der Waals surface area contributed by atoms with Crippen molar-refractivity contribution in [2.24, 2.45) is 0 Å². The van der Waals surface area contributed by atoms with Gasteiger partial charge in [-0.2, -0.15) is 0 Å². The number of aromatic nitrogens is 3. The van der Waals surface area contributed by atoms with Crippen LogP contribution in [0, 0.1) is 0 Å². The molecule has 2 aromatic heterocycles. The molecule has 8 heteroatoms. The highest BCUT2D eigenvalue weighted by atomic mass is 16.6. The minimum absolute atomic E-state index is 0.0542. The number of anilines is 1. The molecule has 1 saturated heterocycles.